The molecular weight excluding hydrogens is 388 g/mol. The zero-order valence-electron chi connectivity index (χ0n) is 22.5. The maximum Gasteiger partial charge on any atom is 0.256 e. The predicted molar refractivity (Wildman–Crippen MR) is 142 cm³/mol. The fourth-order valence-electron chi connectivity index (χ4n) is 4.96. The Bertz CT molecular complexity index is 505. The van der Waals surface area contributed by atoms with Gasteiger partial charge < -0.3 is 0 Å². The first-order chi connectivity index (χ1) is 15.8. The Kier molecular flexibility index (Phi) is 20.1. The molecular formula is C30H59N2+. The van der Waals surface area contributed by atoms with Crippen molar-refractivity contribution in [3.05, 3.63) is 18.2 Å². The molecule has 0 bridgehead atoms. The molecule has 0 amide bonds. The van der Waals surface area contributed by atoms with E-state index in [-0.39, 0.29) is 0 Å². The molecule has 32 heavy (non-hydrogen) atoms. The molecule has 0 saturated heterocycles. The standard InChI is InChI=1S/C30H59N2/c1-4-7-9-11-13-14-15-16-17-18-19-20-22-24-27-32-29-28-31(30(32)25-6-3)26-23-21-12-10-8-5-2/h28-29H,4-27H2,1-3H3/q+1. The molecule has 0 aliphatic rings. The topological polar surface area (TPSA) is 8.81 Å². The Balaban J connectivity index is 2.06. The van der Waals surface area contributed by atoms with E-state index < -0.39 is 0 Å². The van der Waals surface area contributed by atoms with Crippen LogP contribution in [0, 0.1) is 0 Å². The molecule has 0 radical (unpaired) electrons. The molecule has 1 rings (SSSR count). The quantitative estimate of drug-likeness (QED) is 0.110. The Morgan fingerprint density at radius 3 is 1.44 bits per heavy atom. The number of aryl methyl sites for hydroxylation is 2. The highest BCUT2D eigenvalue weighted by Crippen LogP contribution is 2.13. The van der Waals surface area contributed by atoms with E-state index in [1.54, 1.807) is 5.82 Å². The molecule has 0 saturated carbocycles. The highest BCUT2D eigenvalue weighted by atomic mass is 15.1. The summed E-state index contributed by atoms with van der Waals surface area (Å²) < 4.78 is 5.11. The highest BCUT2D eigenvalue weighted by Gasteiger charge is 2.15. The van der Waals surface area contributed by atoms with Gasteiger partial charge in [-0.2, -0.15) is 0 Å². The monoisotopic (exact) mass is 447 g/mol. The highest BCUT2D eigenvalue weighted by molar-refractivity contribution is 4.84. The van der Waals surface area contributed by atoms with Gasteiger partial charge in [-0.3, -0.25) is 0 Å². The van der Waals surface area contributed by atoms with Crippen molar-refractivity contribution >= 4 is 0 Å². The molecule has 0 aliphatic carbocycles. The lowest BCUT2D eigenvalue weighted by atomic mass is 10.0. The Hall–Kier alpha value is -0.790. The second-order valence-corrected chi connectivity index (χ2v) is 10.2. The molecule has 2 heteroatoms. The Labute approximate surface area is 202 Å². The van der Waals surface area contributed by atoms with E-state index in [0.717, 1.165) is 0 Å². The van der Waals surface area contributed by atoms with E-state index >= 15 is 0 Å². The van der Waals surface area contributed by atoms with Crippen LogP contribution in [0.15, 0.2) is 12.4 Å². The average molecular weight is 448 g/mol. The van der Waals surface area contributed by atoms with Gasteiger partial charge in [0.15, 0.2) is 0 Å². The minimum Gasteiger partial charge on any atom is -0.234 e. The van der Waals surface area contributed by atoms with Crippen LogP contribution in [0.3, 0.4) is 0 Å². The van der Waals surface area contributed by atoms with Crippen molar-refractivity contribution in [3.8, 4) is 0 Å². The SMILES string of the molecule is CCCCCCCCCCCCCCCC[n+]1ccn(CCCCCCCC)c1CCC. The summed E-state index contributed by atoms with van der Waals surface area (Å²) in [6.45, 7) is 9.35. The summed E-state index contributed by atoms with van der Waals surface area (Å²) in [5.74, 6) is 1.57. The number of aromatic nitrogens is 2. The number of hydrogen-bond acceptors (Lipinski definition) is 0. The normalized spacial score (nSPS) is 11.5. The largest absolute Gasteiger partial charge is 0.256 e. The fourth-order valence-corrected chi connectivity index (χ4v) is 4.96. The van der Waals surface area contributed by atoms with Gasteiger partial charge in [0.2, 0.25) is 0 Å². The third-order valence-electron chi connectivity index (χ3n) is 7.07. The van der Waals surface area contributed by atoms with Gasteiger partial charge in [-0.15, -0.1) is 0 Å². The molecule has 2 nitrogen and oxygen atoms in total. The van der Waals surface area contributed by atoms with E-state index in [0.29, 0.717) is 0 Å². The van der Waals surface area contributed by atoms with Crippen LogP contribution in [0.5, 0.6) is 0 Å². The van der Waals surface area contributed by atoms with Crippen molar-refractivity contribution in [3.63, 3.8) is 0 Å². The number of imidazole rings is 1. The number of unbranched alkanes of at least 4 members (excludes halogenated alkanes) is 18. The molecule has 1 aromatic rings. The van der Waals surface area contributed by atoms with Crippen molar-refractivity contribution in [1.29, 1.82) is 0 Å². The number of rotatable bonds is 24. The van der Waals surface area contributed by atoms with Crippen LogP contribution in [0.1, 0.15) is 161 Å². The lowest BCUT2D eigenvalue weighted by Gasteiger charge is -2.06. The van der Waals surface area contributed by atoms with Crippen LogP contribution >= 0.6 is 0 Å². The zero-order chi connectivity index (χ0) is 23.1. The first-order valence-corrected chi connectivity index (χ1v) is 14.9. The summed E-state index contributed by atoms with van der Waals surface area (Å²) in [4.78, 5) is 0. The molecule has 0 N–H and O–H groups in total. The van der Waals surface area contributed by atoms with Gasteiger partial charge in [0.05, 0.1) is 13.1 Å². The summed E-state index contributed by atoms with van der Waals surface area (Å²) in [6, 6.07) is 0. The summed E-state index contributed by atoms with van der Waals surface area (Å²) in [7, 11) is 0. The molecule has 0 spiro atoms. The van der Waals surface area contributed by atoms with Gasteiger partial charge in [0.25, 0.3) is 5.82 Å². The molecule has 0 unspecified atom stereocenters. The number of hydrogen-bond donors (Lipinski definition) is 0. The van der Waals surface area contributed by atoms with Crippen molar-refractivity contribution in [2.75, 3.05) is 0 Å². The lowest BCUT2D eigenvalue weighted by Crippen LogP contribution is -2.37. The lowest BCUT2D eigenvalue weighted by molar-refractivity contribution is -0.704. The molecule has 1 heterocycles. The van der Waals surface area contributed by atoms with Crippen LogP contribution in [0.4, 0.5) is 0 Å². The summed E-state index contributed by atoms with van der Waals surface area (Å²) >= 11 is 0. The van der Waals surface area contributed by atoms with Crippen molar-refractivity contribution in [2.24, 2.45) is 0 Å². The smallest absolute Gasteiger partial charge is 0.234 e. The van der Waals surface area contributed by atoms with Gasteiger partial charge >= 0.3 is 0 Å². The van der Waals surface area contributed by atoms with Crippen molar-refractivity contribution < 1.29 is 4.57 Å². The van der Waals surface area contributed by atoms with Crippen LogP contribution in [0.25, 0.3) is 0 Å². The van der Waals surface area contributed by atoms with Crippen LogP contribution < -0.4 is 4.57 Å². The summed E-state index contributed by atoms with van der Waals surface area (Å²) in [5.41, 5.74) is 0. The second kappa shape index (κ2) is 22.0. The molecule has 0 atom stereocenters. The van der Waals surface area contributed by atoms with Crippen LogP contribution in [-0.4, -0.2) is 4.57 Å². The third kappa shape index (κ3) is 15.1. The van der Waals surface area contributed by atoms with Gasteiger partial charge in [-0.05, 0) is 32.1 Å². The molecule has 0 fully saturated rings. The van der Waals surface area contributed by atoms with Crippen molar-refractivity contribution in [2.45, 2.75) is 175 Å². The zero-order valence-corrected chi connectivity index (χ0v) is 22.5. The van der Waals surface area contributed by atoms with Crippen LogP contribution in [-0.2, 0) is 19.5 Å². The Morgan fingerprint density at radius 1 is 0.531 bits per heavy atom. The predicted octanol–water partition coefficient (Wildman–Crippen LogP) is 9.57. The van der Waals surface area contributed by atoms with Gasteiger partial charge in [-0.1, -0.05) is 124 Å². The van der Waals surface area contributed by atoms with Crippen molar-refractivity contribution in [1.82, 2.24) is 4.57 Å². The number of nitrogens with zero attached hydrogens (tertiary/aromatic N) is 2. The van der Waals surface area contributed by atoms with Crippen LogP contribution in [0.2, 0.25) is 0 Å². The summed E-state index contributed by atoms with van der Waals surface area (Å²) in [6.07, 6.45) is 35.6. The van der Waals surface area contributed by atoms with E-state index in [2.05, 4.69) is 42.3 Å². The fraction of sp³-hybridized carbons (Fsp3) is 0.900. The Morgan fingerprint density at radius 2 is 0.969 bits per heavy atom. The second-order valence-electron chi connectivity index (χ2n) is 10.2. The average Bonchev–Trinajstić information content (AvgIpc) is 3.18. The van der Waals surface area contributed by atoms with E-state index in [4.69, 9.17) is 0 Å². The summed E-state index contributed by atoms with van der Waals surface area (Å²) in [5, 5.41) is 0. The van der Waals surface area contributed by atoms with E-state index in [1.807, 2.05) is 0 Å². The molecule has 0 aliphatic heterocycles. The maximum atomic E-state index is 2.56. The van der Waals surface area contributed by atoms with Gasteiger partial charge in [0.1, 0.15) is 12.4 Å². The van der Waals surface area contributed by atoms with E-state index in [1.165, 1.54) is 154 Å². The minimum absolute atomic E-state index is 1.22. The van der Waals surface area contributed by atoms with Gasteiger partial charge in [-0.25, -0.2) is 9.13 Å². The minimum atomic E-state index is 1.22. The first kappa shape index (κ1) is 29.2. The molecule has 0 aromatic carbocycles. The third-order valence-corrected chi connectivity index (χ3v) is 7.07. The first-order valence-electron chi connectivity index (χ1n) is 14.9. The maximum absolute atomic E-state index is 2.56. The molecule has 188 valence electrons. The molecule has 1 aromatic heterocycles. The van der Waals surface area contributed by atoms with Gasteiger partial charge in [0, 0.05) is 6.42 Å². The van der Waals surface area contributed by atoms with E-state index in [9.17, 15) is 0 Å².